The molecule has 0 aliphatic heterocycles. The first kappa shape index (κ1) is 17.4. The van der Waals surface area contributed by atoms with Gasteiger partial charge in [0.2, 0.25) is 5.43 Å². The smallest absolute Gasteiger partial charge is 0.209 e. The van der Waals surface area contributed by atoms with E-state index in [0.717, 1.165) is 16.8 Å². The molecule has 4 aromatic rings. The maximum absolute atomic E-state index is 12.3. The summed E-state index contributed by atoms with van der Waals surface area (Å²) in [6.45, 7) is 1.89. The van der Waals surface area contributed by atoms with Crippen molar-refractivity contribution >= 4 is 17.0 Å². The molecule has 0 radical (unpaired) electrons. The van der Waals surface area contributed by atoms with Crippen LogP contribution in [0, 0.1) is 18.3 Å². The Kier molecular flexibility index (Phi) is 4.30. The lowest BCUT2D eigenvalue weighted by molar-refractivity contribution is 1.17. The SMILES string of the molecule is CNc1cc(-c2nc3c(=O)cc[nH]c3nc2-c2cccc(C#N)c2)cc(C)n1. The van der Waals surface area contributed by atoms with Gasteiger partial charge in [0, 0.05) is 36.1 Å². The number of anilines is 1. The maximum atomic E-state index is 12.3. The third-order valence-electron chi connectivity index (χ3n) is 4.33. The summed E-state index contributed by atoms with van der Waals surface area (Å²) in [6, 6.07) is 14.5. The molecule has 0 amide bonds. The van der Waals surface area contributed by atoms with Crippen molar-refractivity contribution in [3.8, 4) is 28.6 Å². The quantitative estimate of drug-likeness (QED) is 0.575. The minimum Gasteiger partial charge on any atom is -0.373 e. The van der Waals surface area contributed by atoms with Gasteiger partial charge in [-0.15, -0.1) is 0 Å². The summed E-state index contributed by atoms with van der Waals surface area (Å²) in [6.07, 6.45) is 1.55. The Bertz CT molecular complexity index is 1300. The van der Waals surface area contributed by atoms with E-state index < -0.39 is 0 Å². The van der Waals surface area contributed by atoms with Gasteiger partial charge in [-0.3, -0.25) is 4.79 Å². The molecule has 0 aliphatic rings. The molecule has 0 unspecified atom stereocenters. The van der Waals surface area contributed by atoms with Crippen LogP contribution in [0.5, 0.6) is 0 Å². The first-order chi connectivity index (χ1) is 13.6. The molecule has 0 bridgehead atoms. The Labute approximate surface area is 160 Å². The molecule has 1 aromatic carbocycles. The lowest BCUT2D eigenvalue weighted by Gasteiger charge is -2.12. The lowest BCUT2D eigenvalue weighted by atomic mass is 10.0. The number of fused-ring (bicyclic) bond motifs is 1. The van der Waals surface area contributed by atoms with E-state index in [1.165, 1.54) is 6.07 Å². The molecular weight excluding hydrogens is 352 g/mol. The summed E-state index contributed by atoms with van der Waals surface area (Å²) in [5.74, 6) is 0.690. The second-order valence-corrected chi connectivity index (χ2v) is 6.29. The zero-order valence-corrected chi connectivity index (χ0v) is 15.3. The van der Waals surface area contributed by atoms with Crippen LogP contribution in [-0.2, 0) is 0 Å². The van der Waals surface area contributed by atoms with Crippen LogP contribution in [0.15, 0.2) is 53.5 Å². The van der Waals surface area contributed by atoms with E-state index in [-0.39, 0.29) is 10.9 Å². The molecule has 0 saturated heterocycles. The fourth-order valence-electron chi connectivity index (χ4n) is 3.05. The molecule has 2 N–H and O–H groups in total. The minimum absolute atomic E-state index is 0.209. The average Bonchev–Trinajstić information content (AvgIpc) is 2.72. The van der Waals surface area contributed by atoms with Gasteiger partial charge in [0.15, 0.2) is 11.2 Å². The highest BCUT2D eigenvalue weighted by Gasteiger charge is 2.16. The van der Waals surface area contributed by atoms with E-state index >= 15 is 0 Å². The Morgan fingerprint density at radius 2 is 1.86 bits per heavy atom. The van der Waals surface area contributed by atoms with Crippen molar-refractivity contribution in [3.05, 3.63) is 70.1 Å². The third-order valence-corrected chi connectivity index (χ3v) is 4.33. The van der Waals surface area contributed by atoms with Crippen molar-refractivity contribution in [1.82, 2.24) is 19.9 Å². The summed E-state index contributed by atoms with van der Waals surface area (Å²) in [4.78, 5) is 29.0. The molecule has 0 saturated carbocycles. The summed E-state index contributed by atoms with van der Waals surface area (Å²) in [7, 11) is 1.79. The molecule has 0 fully saturated rings. The van der Waals surface area contributed by atoms with Gasteiger partial charge >= 0.3 is 0 Å². The number of hydrogen-bond donors (Lipinski definition) is 2. The van der Waals surface area contributed by atoms with Crippen molar-refractivity contribution < 1.29 is 0 Å². The molecule has 3 aromatic heterocycles. The molecule has 136 valence electrons. The number of aromatic amines is 1. The van der Waals surface area contributed by atoms with E-state index in [4.69, 9.17) is 0 Å². The third kappa shape index (κ3) is 3.08. The largest absolute Gasteiger partial charge is 0.373 e. The topological polar surface area (TPSA) is 107 Å². The highest BCUT2D eigenvalue weighted by molar-refractivity contribution is 5.85. The second kappa shape index (κ2) is 6.93. The normalized spacial score (nSPS) is 10.6. The standard InChI is InChI=1S/C21H16N6O/c1-12-8-15(10-17(23-2)25-12)19-18(14-5-3-4-13(9-14)11-22)27-21-20(26-19)16(28)6-7-24-21/h3-10H,1-2H3,(H,23,25)(H,24,27,28). The van der Waals surface area contributed by atoms with Crippen LogP contribution < -0.4 is 10.7 Å². The monoisotopic (exact) mass is 368 g/mol. The molecule has 7 heteroatoms. The number of pyridine rings is 2. The van der Waals surface area contributed by atoms with Gasteiger partial charge in [0.1, 0.15) is 5.82 Å². The van der Waals surface area contributed by atoms with E-state index in [9.17, 15) is 10.1 Å². The zero-order chi connectivity index (χ0) is 19.7. The maximum Gasteiger partial charge on any atom is 0.209 e. The van der Waals surface area contributed by atoms with Crippen molar-refractivity contribution in [1.29, 1.82) is 5.26 Å². The van der Waals surface area contributed by atoms with Gasteiger partial charge in [-0.05, 0) is 31.2 Å². The van der Waals surface area contributed by atoms with Crippen LogP contribution >= 0.6 is 0 Å². The fourth-order valence-corrected chi connectivity index (χ4v) is 3.05. The zero-order valence-electron chi connectivity index (χ0n) is 15.3. The number of H-pyrrole nitrogens is 1. The van der Waals surface area contributed by atoms with Gasteiger partial charge < -0.3 is 10.3 Å². The van der Waals surface area contributed by atoms with Crippen LogP contribution in [0.2, 0.25) is 0 Å². The summed E-state index contributed by atoms with van der Waals surface area (Å²) in [5.41, 5.74) is 4.45. The second-order valence-electron chi connectivity index (χ2n) is 6.29. The van der Waals surface area contributed by atoms with Crippen LogP contribution in [0.3, 0.4) is 0 Å². The molecule has 7 nitrogen and oxygen atoms in total. The average molecular weight is 368 g/mol. The van der Waals surface area contributed by atoms with Gasteiger partial charge in [0.05, 0.1) is 23.0 Å². The predicted molar refractivity (Wildman–Crippen MR) is 108 cm³/mol. The Morgan fingerprint density at radius 3 is 2.64 bits per heavy atom. The van der Waals surface area contributed by atoms with Crippen molar-refractivity contribution in [2.75, 3.05) is 12.4 Å². The highest BCUT2D eigenvalue weighted by Crippen LogP contribution is 2.31. The van der Waals surface area contributed by atoms with Gasteiger partial charge in [-0.2, -0.15) is 5.26 Å². The van der Waals surface area contributed by atoms with Gasteiger partial charge in [-0.1, -0.05) is 12.1 Å². The number of rotatable bonds is 3. The minimum atomic E-state index is -0.209. The van der Waals surface area contributed by atoms with Crippen LogP contribution in [0.1, 0.15) is 11.3 Å². The number of nitriles is 1. The molecule has 3 heterocycles. The summed E-state index contributed by atoms with van der Waals surface area (Å²) in [5, 5.41) is 12.3. The predicted octanol–water partition coefficient (Wildman–Crippen LogP) is 3.27. The van der Waals surface area contributed by atoms with Crippen molar-refractivity contribution in [3.63, 3.8) is 0 Å². The number of nitrogens with one attached hydrogen (secondary N) is 2. The number of hydrogen-bond acceptors (Lipinski definition) is 6. The molecule has 0 aliphatic carbocycles. The molecule has 4 rings (SSSR count). The van der Waals surface area contributed by atoms with Crippen molar-refractivity contribution in [2.24, 2.45) is 0 Å². The molecule has 0 atom stereocenters. The number of benzene rings is 1. The van der Waals surface area contributed by atoms with Gasteiger partial charge in [-0.25, -0.2) is 15.0 Å². The first-order valence-corrected chi connectivity index (χ1v) is 8.66. The van der Waals surface area contributed by atoms with Crippen LogP contribution in [-0.4, -0.2) is 27.0 Å². The molecular formula is C21H16N6O. The van der Waals surface area contributed by atoms with E-state index in [2.05, 4.69) is 31.3 Å². The van der Waals surface area contributed by atoms with Crippen LogP contribution in [0.4, 0.5) is 5.82 Å². The van der Waals surface area contributed by atoms with E-state index in [0.29, 0.717) is 28.4 Å². The van der Waals surface area contributed by atoms with Gasteiger partial charge in [0.25, 0.3) is 0 Å². The first-order valence-electron chi connectivity index (χ1n) is 8.66. The molecule has 28 heavy (non-hydrogen) atoms. The Balaban J connectivity index is 2.08. The number of aromatic nitrogens is 4. The van der Waals surface area contributed by atoms with E-state index in [1.807, 2.05) is 25.1 Å². The van der Waals surface area contributed by atoms with Crippen LogP contribution in [0.25, 0.3) is 33.7 Å². The molecule has 0 spiro atoms. The number of aryl methyl sites for hydroxylation is 1. The Morgan fingerprint density at radius 1 is 1.04 bits per heavy atom. The fraction of sp³-hybridized carbons (Fsp3) is 0.0952. The summed E-state index contributed by atoms with van der Waals surface area (Å²) < 4.78 is 0. The van der Waals surface area contributed by atoms with E-state index in [1.54, 1.807) is 31.4 Å². The highest BCUT2D eigenvalue weighted by atomic mass is 16.1. The number of nitrogens with zero attached hydrogens (tertiary/aromatic N) is 4. The lowest BCUT2D eigenvalue weighted by Crippen LogP contribution is -2.07. The van der Waals surface area contributed by atoms with Crippen molar-refractivity contribution in [2.45, 2.75) is 6.92 Å². The summed E-state index contributed by atoms with van der Waals surface area (Å²) >= 11 is 0. The Hall–Kier alpha value is -4.05.